The Labute approximate surface area is 160 Å². The van der Waals surface area contributed by atoms with Gasteiger partial charge in [0.2, 0.25) is 0 Å². The molecule has 9 heteroatoms. The van der Waals surface area contributed by atoms with E-state index in [1.165, 1.54) is 0 Å². The van der Waals surface area contributed by atoms with Gasteiger partial charge in [0.1, 0.15) is 5.69 Å². The first-order valence-corrected chi connectivity index (χ1v) is 9.27. The lowest BCUT2D eigenvalue weighted by Crippen LogP contribution is -2.60. The summed E-state index contributed by atoms with van der Waals surface area (Å²) in [7, 11) is 0. The second-order valence-corrected chi connectivity index (χ2v) is 7.26. The van der Waals surface area contributed by atoms with Crippen molar-refractivity contribution in [2.24, 2.45) is 0 Å². The van der Waals surface area contributed by atoms with Crippen molar-refractivity contribution >= 4 is 16.9 Å². The van der Waals surface area contributed by atoms with Gasteiger partial charge in [0, 0.05) is 37.3 Å². The standard InChI is InChI=1S/C19H22F2N6O/c1-3-19(2,28)14-10-27(8-7-22-14)18-13(21)9-12(20)16(24-18)15-11-5-4-6-23-17(11)26-25-15/h4-6,9,14,22,28H,3,7-8,10H2,1-2H3,(H,23,25,26). The van der Waals surface area contributed by atoms with Crippen LogP contribution in [0.4, 0.5) is 14.6 Å². The topological polar surface area (TPSA) is 90.0 Å². The number of nitrogens with zero attached hydrogens (tertiary/aromatic N) is 4. The van der Waals surface area contributed by atoms with Crippen LogP contribution >= 0.6 is 0 Å². The molecule has 0 radical (unpaired) electrons. The zero-order valence-electron chi connectivity index (χ0n) is 15.7. The summed E-state index contributed by atoms with van der Waals surface area (Å²) in [5.74, 6) is -1.45. The normalized spacial score (nSPS) is 19.8. The number of aromatic amines is 1. The van der Waals surface area contributed by atoms with E-state index < -0.39 is 17.2 Å². The van der Waals surface area contributed by atoms with Crippen molar-refractivity contribution in [1.82, 2.24) is 25.5 Å². The van der Waals surface area contributed by atoms with Gasteiger partial charge in [0.05, 0.1) is 17.3 Å². The average Bonchev–Trinajstić information content (AvgIpc) is 3.12. The van der Waals surface area contributed by atoms with Gasteiger partial charge in [-0.3, -0.25) is 5.10 Å². The number of aliphatic hydroxyl groups is 1. The van der Waals surface area contributed by atoms with Gasteiger partial charge < -0.3 is 15.3 Å². The lowest BCUT2D eigenvalue weighted by atomic mass is 9.92. The summed E-state index contributed by atoms with van der Waals surface area (Å²) in [5.41, 5.74) is -0.160. The Hall–Kier alpha value is -2.65. The molecule has 4 rings (SSSR count). The quantitative estimate of drug-likeness (QED) is 0.635. The number of fused-ring (bicyclic) bond motifs is 1. The van der Waals surface area contributed by atoms with Crippen molar-refractivity contribution in [3.05, 3.63) is 36.0 Å². The van der Waals surface area contributed by atoms with Gasteiger partial charge in [-0.15, -0.1) is 0 Å². The van der Waals surface area contributed by atoms with Gasteiger partial charge in [-0.2, -0.15) is 5.10 Å². The summed E-state index contributed by atoms with van der Waals surface area (Å²) in [6, 6.07) is 4.07. The fourth-order valence-corrected chi connectivity index (χ4v) is 3.49. The molecule has 3 N–H and O–H groups in total. The molecule has 0 bridgehead atoms. The van der Waals surface area contributed by atoms with Gasteiger partial charge in [0.15, 0.2) is 23.1 Å². The minimum Gasteiger partial charge on any atom is -0.388 e. The summed E-state index contributed by atoms with van der Waals surface area (Å²) in [4.78, 5) is 10.2. The van der Waals surface area contributed by atoms with Gasteiger partial charge in [-0.25, -0.2) is 18.7 Å². The second kappa shape index (κ2) is 7.06. The first-order chi connectivity index (χ1) is 13.4. The Morgan fingerprint density at radius 3 is 2.96 bits per heavy atom. The Kier molecular flexibility index (Phi) is 4.72. The van der Waals surface area contributed by atoms with E-state index in [0.717, 1.165) is 6.07 Å². The van der Waals surface area contributed by atoms with E-state index in [1.807, 2.05) is 6.92 Å². The molecule has 2 unspecified atom stereocenters. The maximum Gasteiger partial charge on any atom is 0.181 e. The van der Waals surface area contributed by atoms with Crippen LogP contribution in [0.5, 0.6) is 0 Å². The third-order valence-corrected chi connectivity index (χ3v) is 5.42. The Balaban J connectivity index is 1.74. The van der Waals surface area contributed by atoms with Gasteiger partial charge in [-0.05, 0) is 25.5 Å². The molecule has 148 valence electrons. The van der Waals surface area contributed by atoms with Gasteiger partial charge in [-0.1, -0.05) is 6.92 Å². The highest BCUT2D eigenvalue weighted by atomic mass is 19.1. The molecule has 0 aliphatic carbocycles. The van der Waals surface area contributed by atoms with Crippen LogP contribution in [-0.4, -0.2) is 56.5 Å². The number of H-pyrrole nitrogens is 1. The van der Waals surface area contributed by atoms with E-state index >= 15 is 0 Å². The number of pyridine rings is 2. The molecule has 3 aromatic heterocycles. The van der Waals surface area contributed by atoms with Crippen molar-refractivity contribution in [2.45, 2.75) is 31.9 Å². The number of hydrogen-bond donors (Lipinski definition) is 3. The van der Waals surface area contributed by atoms with Crippen LogP contribution in [0.25, 0.3) is 22.4 Å². The Morgan fingerprint density at radius 2 is 2.18 bits per heavy atom. The van der Waals surface area contributed by atoms with E-state index in [0.29, 0.717) is 42.8 Å². The van der Waals surface area contributed by atoms with E-state index in [9.17, 15) is 13.9 Å². The number of halogens is 2. The van der Waals surface area contributed by atoms with Crippen molar-refractivity contribution in [3.63, 3.8) is 0 Å². The summed E-state index contributed by atoms with van der Waals surface area (Å²) < 4.78 is 29.2. The second-order valence-electron chi connectivity index (χ2n) is 7.26. The maximum absolute atomic E-state index is 14.6. The Morgan fingerprint density at radius 1 is 1.36 bits per heavy atom. The summed E-state index contributed by atoms with van der Waals surface area (Å²) in [5, 5.41) is 21.3. The largest absolute Gasteiger partial charge is 0.388 e. The number of hydrogen-bond acceptors (Lipinski definition) is 6. The third-order valence-electron chi connectivity index (χ3n) is 5.42. The summed E-state index contributed by atoms with van der Waals surface area (Å²) >= 11 is 0. The molecule has 4 heterocycles. The van der Waals surface area contributed by atoms with Crippen LogP contribution < -0.4 is 10.2 Å². The molecule has 0 saturated carbocycles. The maximum atomic E-state index is 14.6. The smallest absolute Gasteiger partial charge is 0.181 e. The highest BCUT2D eigenvalue weighted by molar-refractivity contribution is 5.89. The van der Waals surface area contributed by atoms with Crippen molar-refractivity contribution < 1.29 is 13.9 Å². The molecule has 7 nitrogen and oxygen atoms in total. The van der Waals surface area contributed by atoms with E-state index in [-0.39, 0.29) is 17.6 Å². The third kappa shape index (κ3) is 3.20. The summed E-state index contributed by atoms with van der Waals surface area (Å²) in [6.45, 7) is 5.06. The molecule has 28 heavy (non-hydrogen) atoms. The number of aromatic nitrogens is 4. The fraction of sp³-hybridized carbons (Fsp3) is 0.421. The zero-order valence-corrected chi connectivity index (χ0v) is 15.7. The predicted molar refractivity (Wildman–Crippen MR) is 102 cm³/mol. The van der Waals surface area contributed by atoms with Crippen LogP contribution in [0.1, 0.15) is 20.3 Å². The molecule has 3 aromatic rings. The van der Waals surface area contributed by atoms with E-state index in [4.69, 9.17) is 0 Å². The fourth-order valence-electron chi connectivity index (χ4n) is 3.49. The first kappa shape index (κ1) is 18.7. The van der Waals surface area contributed by atoms with Crippen LogP contribution in [0.2, 0.25) is 0 Å². The van der Waals surface area contributed by atoms with Gasteiger partial charge in [0.25, 0.3) is 0 Å². The molecule has 0 amide bonds. The SMILES string of the molecule is CCC(C)(O)C1CN(c2nc(-c3[nH]nc4ncccc34)c(F)cc2F)CCN1. The lowest BCUT2D eigenvalue weighted by Gasteiger charge is -2.41. The molecular formula is C19H22F2N6O. The van der Waals surface area contributed by atoms with Crippen LogP contribution in [0, 0.1) is 11.6 Å². The zero-order chi connectivity index (χ0) is 19.9. The van der Waals surface area contributed by atoms with Crippen molar-refractivity contribution in [3.8, 4) is 11.4 Å². The van der Waals surface area contributed by atoms with Crippen LogP contribution in [0.15, 0.2) is 24.4 Å². The van der Waals surface area contributed by atoms with Crippen molar-refractivity contribution in [1.29, 1.82) is 0 Å². The van der Waals surface area contributed by atoms with Crippen molar-refractivity contribution in [2.75, 3.05) is 24.5 Å². The van der Waals surface area contributed by atoms with E-state index in [1.54, 1.807) is 30.2 Å². The minimum atomic E-state index is -0.941. The van der Waals surface area contributed by atoms with Gasteiger partial charge >= 0.3 is 0 Å². The minimum absolute atomic E-state index is 0.00997. The summed E-state index contributed by atoms with van der Waals surface area (Å²) in [6.07, 6.45) is 2.14. The number of nitrogens with one attached hydrogen (secondary N) is 2. The molecule has 1 saturated heterocycles. The molecule has 0 spiro atoms. The average molecular weight is 388 g/mol. The monoisotopic (exact) mass is 388 g/mol. The molecule has 0 aromatic carbocycles. The van der Waals surface area contributed by atoms with Crippen LogP contribution in [-0.2, 0) is 0 Å². The lowest BCUT2D eigenvalue weighted by molar-refractivity contribution is 0.0145. The van der Waals surface area contributed by atoms with Crippen LogP contribution in [0.3, 0.4) is 0 Å². The highest BCUT2D eigenvalue weighted by Gasteiger charge is 2.35. The molecular weight excluding hydrogens is 366 g/mol. The molecule has 1 fully saturated rings. The molecule has 1 aliphatic heterocycles. The number of rotatable bonds is 4. The first-order valence-electron chi connectivity index (χ1n) is 9.27. The number of anilines is 1. The molecule has 2 atom stereocenters. The highest BCUT2D eigenvalue weighted by Crippen LogP contribution is 2.30. The molecule has 1 aliphatic rings. The Bertz CT molecular complexity index is 1010. The van der Waals surface area contributed by atoms with E-state index in [2.05, 4.69) is 25.5 Å². The predicted octanol–water partition coefficient (Wildman–Crippen LogP) is 2.24. The number of piperazine rings is 1.